The molecule has 10 nitrogen and oxygen atoms in total. The van der Waals surface area contributed by atoms with Gasteiger partial charge in [0.1, 0.15) is 22.6 Å². The number of Topliss-reactive ketones (excluding diaryl/α,β-unsaturated/α-hetero) is 1. The van der Waals surface area contributed by atoms with Gasteiger partial charge in [-0.15, -0.1) is 11.3 Å². The van der Waals surface area contributed by atoms with Crippen LogP contribution in [0.15, 0.2) is 36.5 Å². The fourth-order valence-electron chi connectivity index (χ4n) is 3.97. The van der Waals surface area contributed by atoms with Crippen LogP contribution in [0.1, 0.15) is 47.4 Å². The van der Waals surface area contributed by atoms with Gasteiger partial charge in [-0.25, -0.2) is 4.98 Å². The zero-order valence-electron chi connectivity index (χ0n) is 22.7. The van der Waals surface area contributed by atoms with Crippen molar-refractivity contribution in [2.45, 2.75) is 70.9 Å². The second-order valence-electron chi connectivity index (χ2n) is 10.2. The fourth-order valence-corrected chi connectivity index (χ4v) is 4.65. The Kier molecular flexibility index (Phi) is 10.8. The number of benzene rings is 1. The fraction of sp³-hybridized carbons (Fsp3) is 0.519. The van der Waals surface area contributed by atoms with E-state index in [1.54, 1.807) is 13.8 Å². The van der Waals surface area contributed by atoms with Crippen molar-refractivity contribution in [3.8, 4) is 0 Å². The number of hydrogen-bond acceptors (Lipinski definition) is 8. The highest BCUT2D eigenvalue weighted by Gasteiger charge is 2.50. The van der Waals surface area contributed by atoms with Gasteiger partial charge in [0.05, 0.1) is 30.5 Å². The smallest absolute Gasteiger partial charge is 0.345 e. The lowest BCUT2D eigenvalue weighted by Gasteiger charge is -2.26. The second-order valence-corrected chi connectivity index (χ2v) is 11.4. The molecule has 1 fully saturated rings. The van der Waals surface area contributed by atoms with Crippen LogP contribution in [-0.2, 0) is 30.3 Å². The van der Waals surface area contributed by atoms with Crippen LogP contribution in [0.25, 0.3) is 0 Å². The summed E-state index contributed by atoms with van der Waals surface area (Å²) in [6.45, 7) is 3.24. The molecule has 1 aromatic carbocycles. The van der Waals surface area contributed by atoms with E-state index in [1.807, 2.05) is 44.2 Å². The van der Waals surface area contributed by atoms with E-state index >= 15 is 0 Å². The Morgan fingerprint density at radius 1 is 1.05 bits per heavy atom. The Morgan fingerprint density at radius 3 is 2.23 bits per heavy atom. The minimum absolute atomic E-state index is 0.0610. The number of rotatable bonds is 15. The van der Waals surface area contributed by atoms with Crippen LogP contribution in [0, 0.1) is 12.8 Å². The summed E-state index contributed by atoms with van der Waals surface area (Å²) in [5.74, 6) is -2.57. The summed E-state index contributed by atoms with van der Waals surface area (Å²) in [7, 11) is 0. The highest BCUT2D eigenvalue weighted by molar-refractivity contribution is 7.13. The quantitative estimate of drug-likeness (QED) is 0.275. The maximum absolute atomic E-state index is 13.4. The monoisotopic (exact) mass is 580 g/mol. The first-order valence-electron chi connectivity index (χ1n) is 12.8. The number of aromatic nitrogens is 1. The summed E-state index contributed by atoms with van der Waals surface area (Å²) in [6, 6.07) is 5.56. The first kappa shape index (κ1) is 31.2. The molecule has 2 heterocycles. The molecule has 4 atom stereocenters. The number of nitrogens with zero attached hydrogens (tertiary/aromatic N) is 1. The number of carbonyl (C=O) groups is 4. The second kappa shape index (κ2) is 13.9. The largest absolute Gasteiger partial charge is 0.361 e. The van der Waals surface area contributed by atoms with Gasteiger partial charge < -0.3 is 25.4 Å². The summed E-state index contributed by atoms with van der Waals surface area (Å²) >= 11 is 1.07. The number of halogens is 2. The molecule has 3 N–H and O–H groups in total. The van der Waals surface area contributed by atoms with Crippen molar-refractivity contribution in [1.82, 2.24) is 20.9 Å². The highest BCUT2D eigenvalue weighted by atomic mass is 32.1. The molecule has 1 saturated heterocycles. The summed E-state index contributed by atoms with van der Waals surface area (Å²) in [4.78, 5) is 56.6. The SMILES string of the molecule is Cc1ncc(C(=O)N[C@@H](COC(F)F)C(=O)N[C@@H](CC(C)C)C(=O)N[C@@H](Cc2ccccc2)C(=O)[C@]2(C)CO2)s1. The zero-order chi connectivity index (χ0) is 29.4. The summed E-state index contributed by atoms with van der Waals surface area (Å²) < 4.78 is 35.2. The van der Waals surface area contributed by atoms with Crippen molar-refractivity contribution in [2.75, 3.05) is 13.2 Å². The molecule has 1 aromatic heterocycles. The Labute approximate surface area is 235 Å². The van der Waals surface area contributed by atoms with E-state index in [-0.39, 0.29) is 36.0 Å². The first-order chi connectivity index (χ1) is 18.9. The number of ketones is 1. The predicted octanol–water partition coefficient (Wildman–Crippen LogP) is 2.41. The molecule has 0 spiro atoms. The van der Waals surface area contributed by atoms with E-state index < -0.39 is 54.7 Å². The number of epoxide rings is 1. The molecular weight excluding hydrogens is 546 g/mol. The molecule has 40 heavy (non-hydrogen) atoms. The third-order valence-electron chi connectivity index (χ3n) is 6.21. The maximum atomic E-state index is 13.4. The number of aryl methyl sites for hydroxylation is 1. The predicted molar refractivity (Wildman–Crippen MR) is 143 cm³/mol. The Bertz CT molecular complexity index is 1190. The molecule has 1 aliphatic heterocycles. The third kappa shape index (κ3) is 9.14. The van der Waals surface area contributed by atoms with Crippen molar-refractivity contribution >= 4 is 34.8 Å². The Morgan fingerprint density at radius 2 is 1.68 bits per heavy atom. The lowest BCUT2D eigenvalue weighted by atomic mass is 9.94. The number of amides is 3. The van der Waals surface area contributed by atoms with E-state index in [1.165, 1.54) is 6.20 Å². The molecule has 0 unspecified atom stereocenters. The average molecular weight is 581 g/mol. The standard InChI is InChI=1S/C27H34F2N4O6S/c1-15(2)10-19(23(35)31-18(22(34)27(4)14-39-27)11-17-8-6-5-7-9-17)32-24(36)20(13-38-26(28)29)33-25(37)21-12-30-16(3)40-21/h5-9,12,15,18-20,26H,10-11,13-14H2,1-4H3,(H,31,35)(H,32,36)(H,33,37)/t18-,19-,20-,27-/m0/s1. The van der Waals surface area contributed by atoms with Crippen LogP contribution in [0.4, 0.5) is 8.78 Å². The van der Waals surface area contributed by atoms with Gasteiger partial charge in [-0.1, -0.05) is 44.2 Å². The number of ether oxygens (including phenoxy) is 2. The molecule has 2 aromatic rings. The minimum Gasteiger partial charge on any atom is -0.361 e. The number of nitrogens with one attached hydrogen (secondary N) is 3. The van der Waals surface area contributed by atoms with Gasteiger partial charge in [0, 0.05) is 0 Å². The summed E-state index contributed by atoms with van der Waals surface area (Å²) in [6.07, 6.45) is 1.70. The van der Waals surface area contributed by atoms with Gasteiger partial charge in [0.25, 0.3) is 5.91 Å². The van der Waals surface area contributed by atoms with E-state index in [2.05, 4.69) is 25.7 Å². The Balaban J connectivity index is 1.76. The van der Waals surface area contributed by atoms with Crippen LogP contribution in [0.3, 0.4) is 0 Å². The molecule has 218 valence electrons. The van der Waals surface area contributed by atoms with Crippen LogP contribution >= 0.6 is 11.3 Å². The molecule has 0 radical (unpaired) electrons. The van der Waals surface area contributed by atoms with Gasteiger partial charge in [-0.3, -0.25) is 19.2 Å². The van der Waals surface area contributed by atoms with E-state index in [0.717, 1.165) is 16.9 Å². The zero-order valence-corrected chi connectivity index (χ0v) is 23.6. The molecule has 13 heteroatoms. The van der Waals surface area contributed by atoms with Crippen molar-refractivity contribution in [2.24, 2.45) is 5.92 Å². The lowest BCUT2D eigenvalue weighted by molar-refractivity contribution is -0.144. The number of hydrogen-bond donors (Lipinski definition) is 3. The molecule has 1 aliphatic rings. The van der Waals surface area contributed by atoms with Crippen LogP contribution in [0.5, 0.6) is 0 Å². The number of alkyl halides is 2. The third-order valence-corrected chi connectivity index (χ3v) is 7.12. The van der Waals surface area contributed by atoms with Crippen LogP contribution in [-0.4, -0.2) is 72.0 Å². The normalized spacial score (nSPS) is 18.6. The van der Waals surface area contributed by atoms with E-state index in [4.69, 9.17) is 4.74 Å². The van der Waals surface area contributed by atoms with Crippen molar-refractivity contribution < 1.29 is 37.4 Å². The Hall–Kier alpha value is -3.29. The lowest BCUT2D eigenvalue weighted by Crippen LogP contribution is -2.58. The van der Waals surface area contributed by atoms with Crippen LogP contribution in [0.2, 0.25) is 0 Å². The molecule has 3 rings (SSSR count). The summed E-state index contributed by atoms with van der Waals surface area (Å²) in [5, 5.41) is 8.29. The van der Waals surface area contributed by atoms with Crippen LogP contribution < -0.4 is 16.0 Å². The summed E-state index contributed by atoms with van der Waals surface area (Å²) in [5.41, 5.74) is -0.180. The average Bonchev–Trinajstić information content (AvgIpc) is 3.50. The highest BCUT2D eigenvalue weighted by Crippen LogP contribution is 2.29. The van der Waals surface area contributed by atoms with Crippen molar-refractivity contribution in [1.29, 1.82) is 0 Å². The molecular formula is C27H34F2N4O6S. The van der Waals surface area contributed by atoms with Crippen molar-refractivity contribution in [3.05, 3.63) is 52.0 Å². The molecule has 3 amide bonds. The maximum Gasteiger partial charge on any atom is 0.345 e. The number of carbonyl (C=O) groups excluding carboxylic acids is 4. The minimum atomic E-state index is -3.18. The van der Waals surface area contributed by atoms with Crippen molar-refractivity contribution in [3.63, 3.8) is 0 Å². The molecule has 0 aliphatic carbocycles. The van der Waals surface area contributed by atoms with E-state index in [9.17, 15) is 28.0 Å². The van der Waals surface area contributed by atoms with Gasteiger partial charge in [0.15, 0.2) is 5.78 Å². The topological polar surface area (TPSA) is 139 Å². The molecule has 0 saturated carbocycles. The molecule has 0 bridgehead atoms. The van der Waals surface area contributed by atoms with Gasteiger partial charge >= 0.3 is 6.61 Å². The van der Waals surface area contributed by atoms with Gasteiger partial charge in [-0.2, -0.15) is 8.78 Å². The van der Waals surface area contributed by atoms with Gasteiger partial charge in [-0.05, 0) is 38.2 Å². The van der Waals surface area contributed by atoms with Gasteiger partial charge in [0.2, 0.25) is 11.8 Å². The number of thiazole rings is 1. The van der Waals surface area contributed by atoms with E-state index in [0.29, 0.717) is 5.01 Å². The first-order valence-corrected chi connectivity index (χ1v) is 13.7.